The van der Waals surface area contributed by atoms with E-state index >= 15 is 0 Å². The summed E-state index contributed by atoms with van der Waals surface area (Å²) in [6, 6.07) is 6.08. The highest BCUT2D eigenvalue weighted by Gasteiger charge is 2.31. The first-order valence-electron chi connectivity index (χ1n) is 5.01. The van der Waals surface area contributed by atoms with Crippen LogP contribution in [0.4, 0.5) is 0 Å². The van der Waals surface area contributed by atoms with E-state index in [0.29, 0.717) is 5.56 Å². The van der Waals surface area contributed by atoms with E-state index in [2.05, 4.69) is 5.32 Å². The van der Waals surface area contributed by atoms with E-state index in [4.69, 9.17) is 5.73 Å². The monoisotopic (exact) mass is 256 g/mol. The predicted octanol–water partition coefficient (Wildman–Crippen LogP) is 0.01000. The molecule has 1 atom stereocenters. The molecule has 0 aliphatic heterocycles. The van der Waals surface area contributed by atoms with Crippen molar-refractivity contribution in [3.8, 4) is 0 Å². The molecule has 0 radical (unpaired) electrons. The van der Waals surface area contributed by atoms with Crippen molar-refractivity contribution in [1.82, 2.24) is 5.32 Å². The van der Waals surface area contributed by atoms with Crippen LogP contribution in [0.2, 0.25) is 0 Å². The van der Waals surface area contributed by atoms with E-state index in [1.807, 2.05) is 0 Å². The van der Waals surface area contributed by atoms with Crippen LogP contribution in [0.25, 0.3) is 0 Å². The Hall–Kier alpha value is -1.40. The fraction of sp³-hybridized carbons (Fsp3) is 0.364. The van der Waals surface area contributed by atoms with E-state index in [0.717, 1.165) is 6.26 Å². The minimum atomic E-state index is -3.23. The number of carbonyl (C=O) groups is 1. The van der Waals surface area contributed by atoms with Crippen molar-refractivity contribution in [2.45, 2.75) is 17.4 Å². The number of amides is 1. The molecule has 3 N–H and O–H groups in total. The van der Waals surface area contributed by atoms with Gasteiger partial charge in [0, 0.05) is 6.26 Å². The Bertz CT molecular complexity index is 522. The number of carbonyl (C=O) groups excluding carboxylic acids is 1. The third-order valence-corrected chi connectivity index (χ3v) is 3.98. The van der Waals surface area contributed by atoms with Gasteiger partial charge in [-0.2, -0.15) is 0 Å². The van der Waals surface area contributed by atoms with Crippen LogP contribution in [0.1, 0.15) is 12.5 Å². The first-order chi connectivity index (χ1) is 7.71. The zero-order valence-electron chi connectivity index (χ0n) is 10.0. The fourth-order valence-corrected chi connectivity index (χ4v) is 2.08. The minimum absolute atomic E-state index is 0.212. The van der Waals surface area contributed by atoms with E-state index in [1.165, 1.54) is 12.1 Å². The molecule has 5 nitrogen and oxygen atoms in total. The summed E-state index contributed by atoms with van der Waals surface area (Å²) in [7, 11) is -1.61. The van der Waals surface area contributed by atoms with Crippen LogP contribution in [0, 0.1) is 0 Å². The van der Waals surface area contributed by atoms with Crippen molar-refractivity contribution in [2.24, 2.45) is 5.73 Å². The third kappa shape index (κ3) is 2.65. The van der Waals surface area contributed by atoms with Crippen LogP contribution in [-0.4, -0.2) is 27.6 Å². The van der Waals surface area contributed by atoms with Crippen molar-refractivity contribution in [2.75, 3.05) is 13.3 Å². The molecule has 1 aromatic carbocycles. The average molecular weight is 256 g/mol. The van der Waals surface area contributed by atoms with Crippen LogP contribution >= 0.6 is 0 Å². The van der Waals surface area contributed by atoms with Gasteiger partial charge in [-0.15, -0.1) is 0 Å². The minimum Gasteiger partial charge on any atom is -0.368 e. The molecule has 0 aliphatic carbocycles. The number of nitrogens with one attached hydrogen (secondary N) is 1. The maximum Gasteiger partial charge on any atom is 0.242 e. The zero-order chi connectivity index (χ0) is 13.3. The number of likely N-dealkylation sites (N-methyl/N-ethyl adjacent to an activating group) is 1. The van der Waals surface area contributed by atoms with Crippen molar-refractivity contribution in [3.63, 3.8) is 0 Å². The van der Waals surface area contributed by atoms with Gasteiger partial charge in [0.1, 0.15) is 5.54 Å². The van der Waals surface area contributed by atoms with Gasteiger partial charge in [-0.3, -0.25) is 4.79 Å². The molecule has 1 unspecified atom stereocenters. The summed E-state index contributed by atoms with van der Waals surface area (Å²) in [5, 5.41) is 2.83. The molecule has 0 spiro atoms. The van der Waals surface area contributed by atoms with E-state index < -0.39 is 21.3 Å². The summed E-state index contributed by atoms with van der Waals surface area (Å²) < 4.78 is 22.6. The number of nitrogens with two attached hydrogens (primary N) is 1. The highest BCUT2D eigenvalue weighted by molar-refractivity contribution is 7.90. The van der Waals surface area contributed by atoms with Gasteiger partial charge in [0.2, 0.25) is 5.91 Å². The van der Waals surface area contributed by atoms with Crippen molar-refractivity contribution < 1.29 is 13.2 Å². The second-order valence-electron chi connectivity index (χ2n) is 4.04. The number of hydrogen-bond donors (Lipinski definition) is 2. The molecule has 0 heterocycles. The van der Waals surface area contributed by atoms with Crippen LogP contribution in [0.15, 0.2) is 29.2 Å². The lowest BCUT2D eigenvalue weighted by atomic mass is 9.91. The van der Waals surface area contributed by atoms with Gasteiger partial charge in [0.25, 0.3) is 0 Å². The Balaban J connectivity index is 3.23. The molecule has 0 bridgehead atoms. The fourth-order valence-electron chi connectivity index (χ4n) is 1.45. The standard InChI is InChI=1S/C11H16N2O3S/c1-11(13-2,10(12)14)8-4-6-9(7-5-8)17(3,15)16/h4-7,13H,1-3H3,(H2,12,14). The Morgan fingerprint density at radius 3 is 2.06 bits per heavy atom. The van der Waals surface area contributed by atoms with Gasteiger partial charge in [-0.05, 0) is 31.7 Å². The molecule has 17 heavy (non-hydrogen) atoms. The summed E-state index contributed by atoms with van der Waals surface area (Å²) >= 11 is 0. The van der Waals surface area contributed by atoms with Crippen LogP contribution in [0.3, 0.4) is 0 Å². The molecule has 0 aromatic heterocycles. The number of rotatable bonds is 4. The maximum absolute atomic E-state index is 11.4. The predicted molar refractivity (Wildman–Crippen MR) is 65.2 cm³/mol. The van der Waals surface area contributed by atoms with Crippen molar-refractivity contribution in [1.29, 1.82) is 0 Å². The molecular formula is C11H16N2O3S. The first-order valence-corrected chi connectivity index (χ1v) is 6.90. The second-order valence-corrected chi connectivity index (χ2v) is 6.05. The zero-order valence-corrected chi connectivity index (χ0v) is 10.8. The molecule has 1 rings (SSSR count). The second kappa shape index (κ2) is 4.46. The average Bonchev–Trinajstić information content (AvgIpc) is 2.26. The molecule has 1 amide bonds. The van der Waals surface area contributed by atoms with Crippen LogP contribution < -0.4 is 11.1 Å². The lowest BCUT2D eigenvalue weighted by molar-refractivity contribution is -0.123. The van der Waals surface area contributed by atoms with Gasteiger partial charge >= 0.3 is 0 Å². The summed E-state index contributed by atoms with van der Waals surface area (Å²) in [6.45, 7) is 1.64. The lowest BCUT2D eigenvalue weighted by Crippen LogP contribution is -2.48. The molecule has 1 aromatic rings. The molecule has 94 valence electrons. The van der Waals surface area contributed by atoms with E-state index in [1.54, 1.807) is 26.1 Å². The number of primary amides is 1. The highest BCUT2D eigenvalue weighted by Crippen LogP contribution is 2.21. The summed E-state index contributed by atoms with van der Waals surface area (Å²) in [5.74, 6) is -0.521. The van der Waals surface area contributed by atoms with Gasteiger partial charge in [0.05, 0.1) is 4.90 Å². The Kier molecular flexibility index (Phi) is 3.59. The molecule has 0 saturated carbocycles. The van der Waals surface area contributed by atoms with E-state index in [9.17, 15) is 13.2 Å². The van der Waals surface area contributed by atoms with E-state index in [-0.39, 0.29) is 4.90 Å². The third-order valence-electron chi connectivity index (χ3n) is 2.85. The normalized spacial score (nSPS) is 15.2. The molecule has 0 aliphatic rings. The molecule has 0 fully saturated rings. The van der Waals surface area contributed by atoms with Crippen molar-refractivity contribution >= 4 is 15.7 Å². The van der Waals surface area contributed by atoms with Gasteiger partial charge in [0.15, 0.2) is 9.84 Å². The maximum atomic E-state index is 11.4. The first kappa shape index (κ1) is 13.7. The summed E-state index contributed by atoms with van der Waals surface area (Å²) in [4.78, 5) is 11.6. The number of sulfone groups is 1. The largest absolute Gasteiger partial charge is 0.368 e. The smallest absolute Gasteiger partial charge is 0.242 e. The lowest BCUT2D eigenvalue weighted by Gasteiger charge is -2.26. The van der Waals surface area contributed by atoms with Gasteiger partial charge < -0.3 is 11.1 Å². The SMILES string of the molecule is CNC(C)(C(N)=O)c1ccc(S(C)(=O)=O)cc1. The Morgan fingerprint density at radius 2 is 1.76 bits per heavy atom. The Labute approximate surface area is 101 Å². The van der Waals surface area contributed by atoms with Crippen LogP contribution in [-0.2, 0) is 20.2 Å². The topological polar surface area (TPSA) is 89.3 Å². The number of benzene rings is 1. The van der Waals surface area contributed by atoms with Crippen molar-refractivity contribution in [3.05, 3.63) is 29.8 Å². The summed E-state index contributed by atoms with van der Waals surface area (Å²) in [5.41, 5.74) is 4.94. The highest BCUT2D eigenvalue weighted by atomic mass is 32.2. The number of hydrogen-bond acceptors (Lipinski definition) is 4. The van der Waals surface area contributed by atoms with Gasteiger partial charge in [-0.25, -0.2) is 8.42 Å². The van der Waals surface area contributed by atoms with Gasteiger partial charge in [-0.1, -0.05) is 12.1 Å². The molecule has 0 saturated heterocycles. The molecule has 6 heteroatoms. The molecular weight excluding hydrogens is 240 g/mol. The summed E-state index contributed by atoms with van der Waals surface area (Å²) in [6.07, 6.45) is 1.13. The quantitative estimate of drug-likeness (QED) is 0.794. The Morgan fingerprint density at radius 1 is 1.29 bits per heavy atom. The van der Waals surface area contributed by atoms with Crippen LogP contribution in [0.5, 0.6) is 0 Å².